The van der Waals surface area contributed by atoms with Crippen molar-refractivity contribution in [1.82, 2.24) is 0 Å². The van der Waals surface area contributed by atoms with Crippen LogP contribution in [0.15, 0.2) is 36.4 Å². The van der Waals surface area contributed by atoms with Crippen LogP contribution in [0.5, 0.6) is 0 Å². The van der Waals surface area contributed by atoms with Gasteiger partial charge in [0.2, 0.25) is 0 Å². The molecule has 0 saturated heterocycles. The van der Waals surface area contributed by atoms with Gasteiger partial charge in [0.05, 0.1) is 32.4 Å². The van der Waals surface area contributed by atoms with Crippen LogP contribution in [-0.4, -0.2) is 0 Å². The number of nitriles is 1. The van der Waals surface area contributed by atoms with Gasteiger partial charge in [-0.05, 0) is 36.8 Å². The molecule has 0 aliphatic heterocycles. The zero-order chi connectivity index (χ0) is 14.7. The van der Waals surface area contributed by atoms with Crippen molar-refractivity contribution >= 4 is 40.5 Å². The maximum absolute atomic E-state index is 8.92. The van der Waals surface area contributed by atoms with Crippen molar-refractivity contribution in [3.63, 3.8) is 0 Å². The van der Waals surface area contributed by atoms with Crippen LogP contribution < -0.4 is 5.32 Å². The van der Waals surface area contributed by atoms with Gasteiger partial charge in [-0.2, -0.15) is 5.26 Å². The summed E-state index contributed by atoms with van der Waals surface area (Å²) in [5.41, 5.74) is 2.32. The zero-order valence-corrected chi connectivity index (χ0v) is 12.9. The minimum atomic E-state index is -0.0157. The van der Waals surface area contributed by atoms with Gasteiger partial charge < -0.3 is 5.32 Å². The Hall–Kier alpha value is -1.40. The summed E-state index contributed by atoms with van der Waals surface area (Å²) in [6.45, 7) is 1.98. The smallest absolute Gasteiger partial charge is 0.0991 e. The molecular weight excluding hydrogens is 315 g/mol. The molecule has 0 aliphatic rings. The highest BCUT2D eigenvalue weighted by atomic mass is 35.5. The summed E-state index contributed by atoms with van der Waals surface area (Å²) in [5.74, 6) is 0. The Balaban J connectivity index is 2.25. The molecule has 1 atom stereocenters. The van der Waals surface area contributed by atoms with Gasteiger partial charge in [0.25, 0.3) is 0 Å². The van der Waals surface area contributed by atoms with Crippen molar-refractivity contribution in [3.05, 3.63) is 62.6 Å². The van der Waals surface area contributed by atoms with Crippen LogP contribution in [0, 0.1) is 11.3 Å². The van der Waals surface area contributed by atoms with Gasteiger partial charge in [-0.1, -0.05) is 46.9 Å². The molecule has 0 radical (unpaired) electrons. The molecule has 2 nitrogen and oxygen atoms in total. The highest BCUT2D eigenvalue weighted by Crippen LogP contribution is 2.34. The number of hydrogen-bond donors (Lipinski definition) is 1. The van der Waals surface area contributed by atoms with Crippen LogP contribution in [0.25, 0.3) is 0 Å². The number of nitrogens with zero attached hydrogens (tertiary/aromatic N) is 1. The van der Waals surface area contributed by atoms with Crippen LogP contribution in [0.3, 0.4) is 0 Å². The highest BCUT2D eigenvalue weighted by Gasteiger charge is 2.10. The summed E-state index contributed by atoms with van der Waals surface area (Å²) < 4.78 is 0. The average molecular weight is 326 g/mol. The maximum atomic E-state index is 8.92. The Bertz CT molecular complexity index is 677. The molecule has 0 fully saturated rings. The number of halogens is 3. The summed E-state index contributed by atoms with van der Waals surface area (Å²) in [6.07, 6.45) is 0. The van der Waals surface area contributed by atoms with E-state index < -0.39 is 0 Å². The second-order valence-electron chi connectivity index (χ2n) is 4.35. The Morgan fingerprint density at radius 3 is 2.45 bits per heavy atom. The predicted molar refractivity (Wildman–Crippen MR) is 84.7 cm³/mol. The number of nitrogens with one attached hydrogen (secondary N) is 1. The van der Waals surface area contributed by atoms with Crippen LogP contribution >= 0.6 is 34.8 Å². The van der Waals surface area contributed by atoms with Gasteiger partial charge >= 0.3 is 0 Å². The van der Waals surface area contributed by atoms with Crippen molar-refractivity contribution < 1.29 is 0 Å². The van der Waals surface area contributed by atoms with Crippen molar-refractivity contribution in [3.8, 4) is 6.07 Å². The normalized spacial score (nSPS) is 11.8. The largest absolute Gasteiger partial charge is 0.377 e. The minimum absolute atomic E-state index is 0.0157. The molecule has 2 aromatic rings. The molecule has 0 amide bonds. The van der Waals surface area contributed by atoms with Gasteiger partial charge in [-0.3, -0.25) is 0 Å². The van der Waals surface area contributed by atoms with E-state index in [0.29, 0.717) is 26.3 Å². The molecule has 0 aliphatic carbocycles. The Labute approximate surface area is 132 Å². The topological polar surface area (TPSA) is 35.8 Å². The molecular formula is C15H11Cl3N2. The van der Waals surface area contributed by atoms with Crippen molar-refractivity contribution in [2.75, 3.05) is 5.32 Å². The Morgan fingerprint density at radius 1 is 1.05 bits per heavy atom. The third-order valence-corrected chi connectivity index (χ3v) is 3.93. The number of hydrogen-bond acceptors (Lipinski definition) is 2. The van der Waals surface area contributed by atoms with E-state index in [9.17, 15) is 0 Å². The van der Waals surface area contributed by atoms with Crippen LogP contribution in [-0.2, 0) is 0 Å². The van der Waals surface area contributed by atoms with Crippen molar-refractivity contribution in [2.24, 2.45) is 0 Å². The highest BCUT2D eigenvalue weighted by molar-refractivity contribution is 6.44. The van der Waals surface area contributed by atoms with E-state index in [0.717, 1.165) is 5.56 Å². The molecule has 0 aromatic heterocycles. The molecule has 2 aromatic carbocycles. The van der Waals surface area contributed by atoms with Gasteiger partial charge in [-0.15, -0.1) is 0 Å². The summed E-state index contributed by atoms with van der Waals surface area (Å²) in [4.78, 5) is 0. The molecule has 2 rings (SSSR count). The number of anilines is 1. The molecule has 5 heteroatoms. The lowest BCUT2D eigenvalue weighted by molar-refractivity contribution is 0.884. The molecule has 1 unspecified atom stereocenters. The first-order valence-electron chi connectivity index (χ1n) is 5.92. The standard InChI is InChI=1S/C15H11Cl3N2/c1-9(11-4-2-3-10(5-11)8-19)20-15-7-13(17)12(16)6-14(15)18/h2-7,9,20H,1H3. The minimum Gasteiger partial charge on any atom is -0.377 e. The lowest BCUT2D eigenvalue weighted by Crippen LogP contribution is -2.07. The summed E-state index contributed by atoms with van der Waals surface area (Å²) in [7, 11) is 0. The van der Waals surface area contributed by atoms with E-state index in [1.54, 1.807) is 18.2 Å². The second kappa shape index (κ2) is 6.37. The van der Waals surface area contributed by atoms with Crippen LogP contribution in [0.2, 0.25) is 15.1 Å². The third-order valence-electron chi connectivity index (χ3n) is 2.90. The molecule has 0 bridgehead atoms. The summed E-state index contributed by atoms with van der Waals surface area (Å²) in [5, 5.41) is 13.5. The third kappa shape index (κ3) is 3.37. The van der Waals surface area contributed by atoms with Crippen molar-refractivity contribution in [1.29, 1.82) is 5.26 Å². The molecule has 0 saturated carbocycles. The van der Waals surface area contributed by atoms with Crippen LogP contribution in [0.1, 0.15) is 24.1 Å². The van der Waals surface area contributed by atoms with Crippen molar-refractivity contribution in [2.45, 2.75) is 13.0 Å². The molecule has 102 valence electrons. The van der Waals surface area contributed by atoms with Crippen LogP contribution in [0.4, 0.5) is 5.69 Å². The maximum Gasteiger partial charge on any atom is 0.0991 e. The molecule has 20 heavy (non-hydrogen) atoms. The first kappa shape index (κ1) is 15.0. The zero-order valence-electron chi connectivity index (χ0n) is 10.6. The number of rotatable bonds is 3. The summed E-state index contributed by atoms with van der Waals surface area (Å²) in [6, 6.07) is 12.8. The van der Waals surface area contributed by atoms with Gasteiger partial charge in [0, 0.05) is 6.04 Å². The Kier molecular flexibility index (Phi) is 4.77. The fourth-order valence-electron chi connectivity index (χ4n) is 1.83. The van der Waals surface area contributed by atoms with E-state index in [4.69, 9.17) is 40.1 Å². The SMILES string of the molecule is CC(Nc1cc(Cl)c(Cl)cc1Cl)c1cccc(C#N)c1. The first-order valence-corrected chi connectivity index (χ1v) is 7.06. The monoisotopic (exact) mass is 324 g/mol. The predicted octanol–water partition coefficient (Wildman–Crippen LogP) is 5.69. The average Bonchev–Trinajstić information content (AvgIpc) is 2.44. The second-order valence-corrected chi connectivity index (χ2v) is 5.57. The quantitative estimate of drug-likeness (QED) is 0.736. The van der Waals surface area contributed by atoms with E-state index in [-0.39, 0.29) is 6.04 Å². The lowest BCUT2D eigenvalue weighted by Gasteiger charge is -2.17. The van der Waals surface area contributed by atoms with E-state index in [2.05, 4.69) is 11.4 Å². The Morgan fingerprint density at radius 2 is 1.75 bits per heavy atom. The van der Waals surface area contributed by atoms with Gasteiger partial charge in [0.1, 0.15) is 0 Å². The molecule has 0 heterocycles. The molecule has 0 spiro atoms. The first-order chi connectivity index (χ1) is 9.51. The fraction of sp³-hybridized carbons (Fsp3) is 0.133. The summed E-state index contributed by atoms with van der Waals surface area (Å²) >= 11 is 18.0. The van der Waals surface area contributed by atoms with Gasteiger partial charge in [-0.25, -0.2) is 0 Å². The molecule has 1 N–H and O–H groups in total. The van der Waals surface area contributed by atoms with E-state index >= 15 is 0 Å². The van der Waals surface area contributed by atoms with E-state index in [1.165, 1.54) is 0 Å². The number of benzene rings is 2. The van der Waals surface area contributed by atoms with E-state index in [1.807, 2.05) is 25.1 Å². The lowest BCUT2D eigenvalue weighted by atomic mass is 10.1. The fourth-order valence-corrected chi connectivity index (χ4v) is 2.43. The van der Waals surface area contributed by atoms with Gasteiger partial charge in [0.15, 0.2) is 0 Å².